The molecule has 1 saturated carbocycles. The number of aryl methyl sites for hydroxylation is 1. The van der Waals surface area contributed by atoms with E-state index in [2.05, 4.69) is 20.4 Å². The number of amides is 1. The van der Waals surface area contributed by atoms with Gasteiger partial charge in [0.25, 0.3) is 0 Å². The van der Waals surface area contributed by atoms with Crippen LogP contribution >= 0.6 is 0 Å². The average Bonchev–Trinajstić information content (AvgIpc) is 3.49. The molecule has 2 aliphatic heterocycles. The van der Waals surface area contributed by atoms with Gasteiger partial charge in [-0.2, -0.15) is 5.10 Å². The third-order valence-electron chi connectivity index (χ3n) is 5.93. The highest BCUT2D eigenvalue weighted by Gasteiger charge is 2.31. The van der Waals surface area contributed by atoms with Crippen LogP contribution in [0.15, 0.2) is 12.1 Å². The molecule has 7 nitrogen and oxygen atoms in total. The molecule has 0 radical (unpaired) electrons. The molecule has 0 bridgehead atoms. The van der Waals surface area contributed by atoms with Crippen LogP contribution < -0.4 is 5.32 Å². The summed E-state index contributed by atoms with van der Waals surface area (Å²) in [7, 11) is 0. The number of ether oxygens (including phenoxy) is 1. The lowest BCUT2D eigenvalue weighted by atomic mass is 9.95. The van der Waals surface area contributed by atoms with Gasteiger partial charge in [-0.15, -0.1) is 5.10 Å². The van der Waals surface area contributed by atoms with Crippen LogP contribution in [0.3, 0.4) is 0 Å². The van der Waals surface area contributed by atoms with Crippen molar-refractivity contribution in [2.45, 2.75) is 38.7 Å². The van der Waals surface area contributed by atoms with Gasteiger partial charge in [0, 0.05) is 26.2 Å². The monoisotopic (exact) mass is 373 g/mol. The van der Waals surface area contributed by atoms with E-state index >= 15 is 0 Å². The number of piperidine rings is 1. The zero-order chi connectivity index (χ0) is 18.6. The summed E-state index contributed by atoms with van der Waals surface area (Å²) in [5, 5.41) is 11.4. The molecule has 3 fully saturated rings. The van der Waals surface area contributed by atoms with Gasteiger partial charge in [0.1, 0.15) is 12.4 Å². The van der Waals surface area contributed by atoms with E-state index in [4.69, 9.17) is 4.74 Å². The molecule has 2 saturated heterocycles. The minimum atomic E-state index is 0.000702. The molecule has 1 aliphatic carbocycles. The van der Waals surface area contributed by atoms with Gasteiger partial charge in [0.05, 0.1) is 11.8 Å². The Balaban J connectivity index is 1.21. The molecule has 4 rings (SSSR count). The van der Waals surface area contributed by atoms with Gasteiger partial charge in [-0.1, -0.05) is 0 Å². The first kappa shape index (κ1) is 18.6. The smallest absolute Gasteiger partial charge is 0.248 e. The predicted octanol–water partition coefficient (Wildman–Crippen LogP) is 1.55. The first-order valence-corrected chi connectivity index (χ1v) is 10.3. The number of nitrogens with zero attached hydrogens (tertiary/aromatic N) is 4. The van der Waals surface area contributed by atoms with Gasteiger partial charge in [-0.3, -0.25) is 4.79 Å². The van der Waals surface area contributed by atoms with Crippen LogP contribution in [0.25, 0.3) is 0 Å². The molecule has 27 heavy (non-hydrogen) atoms. The fourth-order valence-electron chi connectivity index (χ4n) is 4.02. The van der Waals surface area contributed by atoms with Crippen molar-refractivity contribution in [3.8, 4) is 0 Å². The van der Waals surface area contributed by atoms with Crippen LogP contribution in [0.5, 0.6) is 0 Å². The SMILES string of the molecule is Cc1ccc(NC[C@H]2CN(CC3CCN(CC4CC4)CC3)C(=O)CO2)nn1. The lowest BCUT2D eigenvalue weighted by Crippen LogP contribution is -2.51. The number of hydrogen-bond donors (Lipinski definition) is 1. The normalized spacial score (nSPS) is 25.0. The molecule has 1 aromatic heterocycles. The van der Waals surface area contributed by atoms with Crippen LogP contribution in [0.1, 0.15) is 31.4 Å². The quantitative estimate of drug-likeness (QED) is 0.782. The number of anilines is 1. The zero-order valence-corrected chi connectivity index (χ0v) is 16.3. The van der Waals surface area contributed by atoms with Gasteiger partial charge in [-0.05, 0) is 69.7 Å². The van der Waals surface area contributed by atoms with Crippen molar-refractivity contribution in [1.82, 2.24) is 20.0 Å². The highest BCUT2D eigenvalue weighted by molar-refractivity contribution is 5.78. The Hall–Kier alpha value is -1.73. The van der Waals surface area contributed by atoms with Gasteiger partial charge >= 0.3 is 0 Å². The molecule has 1 amide bonds. The van der Waals surface area contributed by atoms with Crippen molar-refractivity contribution in [1.29, 1.82) is 0 Å². The third-order valence-corrected chi connectivity index (χ3v) is 5.93. The first-order chi connectivity index (χ1) is 13.2. The minimum Gasteiger partial charge on any atom is -0.366 e. The zero-order valence-electron chi connectivity index (χ0n) is 16.3. The first-order valence-electron chi connectivity index (χ1n) is 10.3. The lowest BCUT2D eigenvalue weighted by Gasteiger charge is -2.38. The van der Waals surface area contributed by atoms with Crippen LogP contribution in [-0.2, 0) is 9.53 Å². The van der Waals surface area contributed by atoms with Gasteiger partial charge in [0.2, 0.25) is 5.91 Å². The van der Waals surface area contributed by atoms with Crippen LogP contribution in [0, 0.1) is 18.8 Å². The molecular weight excluding hydrogens is 342 g/mol. The number of carbonyl (C=O) groups excluding carboxylic acids is 1. The average molecular weight is 374 g/mol. The van der Waals surface area contributed by atoms with Gasteiger partial charge in [-0.25, -0.2) is 0 Å². The molecule has 1 aromatic rings. The third kappa shape index (κ3) is 5.39. The molecule has 7 heteroatoms. The number of hydrogen-bond acceptors (Lipinski definition) is 6. The van der Waals surface area contributed by atoms with Crippen molar-refractivity contribution in [3.05, 3.63) is 17.8 Å². The maximum atomic E-state index is 12.3. The van der Waals surface area contributed by atoms with Crippen molar-refractivity contribution in [2.24, 2.45) is 11.8 Å². The number of aromatic nitrogens is 2. The van der Waals surface area contributed by atoms with E-state index in [0.29, 0.717) is 19.0 Å². The van der Waals surface area contributed by atoms with Crippen molar-refractivity contribution in [2.75, 3.05) is 51.2 Å². The lowest BCUT2D eigenvalue weighted by molar-refractivity contribution is -0.149. The second kappa shape index (κ2) is 8.52. The Bertz CT molecular complexity index is 626. The molecular formula is C20H31N5O2. The van der Waals surface area contributed by atoms with E-state index in [1.54, 1.807) is 0 Å². The predicted molar refractivity (Wildman–Crippen MR) is 103 cm³/mol. The summed E-state index contributed by atoms with van der Waals surface area (Å²) in [6.07, 6.45) is 5.26. The number of likely N-dealkylation sites (tertiary alicyclic amines) is 1. The molecule has 0 aromatic carbocycles. The summed E-state index contributed by atoms with van der Waals surface area (Å²) in [6, 6.07) is 3.85. The summed E-state index contributed by atoms with van der Waals surface area (Å²) in [6.45, 7) is 7.95. The fourth-order valence-corrected chi connectivity index (χ4v) is 4.02. The highest BCUT2D eigenvalue weighted by Crippen LogP contribution is 2.31. The summed E-state index contributed by atoms with van der Waals surface area (Å²) in [4.78, 5) is 16.9. The molecule has 0 unspecified atom stereocenters. The topological polar surface area (TPSA) is 70.6 Å². The number of rotatable bonds is 7. The Morgan fingerprint density at radius 1 is 1.11 bits per heavy atom. The van der Waals surface area contributed by atoms with Crippen molar-refractivity contribution >= 4 is 11.7 Å². The van der Waals surface area contributed by atoms with Gasteiger partial charge < -0.3 is 19.9 Å². The maximum absolute atomic E-state index is 12.3. The summed E-state index contributed by atoms with van der Waals surface area (Å²) in [5.41, 5.74) is 0.898. The summed E-state index contributed by atoms with van der Waals surface area (Å²) >= 11 is 0. The second-order valence-corrected chi connectivity index (χ2v) is 8.36. The van der Waals surface area contributed by atoms with Crippen LogP contribution in [0.4, 0.5) is 5.82 Å². The molecule has 3 heterocycles. The van der Waals surface area contributed by atoms with E-state index in [9.17, 15) is 4.79 Å². The fraction of sp³-hybridized carbons (Fsp3) is 0.750. The summed E-state index contributed by atoms with van der Waals surface area (Å²) in [5.74, 6) is 2.46. The molecule has 3 aliphatic rings. The van der Waals surface area contributed by atoms with Crippen LogP contribution in [-0.4, -0.2) is 77.9 Å². The van der Waals surface area contributed by atoms with E-state index in [1.165, 1.54) is 45.3 Å². The second-order valence-electron chi connectivity index (χ2n) is 8.36. The molecule has 0 spiro atoms. The van der Waals surface area contributed by atoms with Crippen molar-refractivity contribution < 1.29 is 9.53 Å². The van der Waals surface area contributed by atoms with Gasteiger partial charge in [0.15, 0.2) is 0 Å². The van der Waals surface area contributed by atoms with E-state index in [0.717, 1.165) is 24.0 Å². The highest BCUT2D eigenvalue weighted by atomic mass is 16.5. The van der Waals surface area contributed by atoms with E-state index in [1.807, 2.05) is 24.0 Å². The number of nitrogens with one attached hydrogen (secondary N) is 1. The van der Waals surface area contributed by atoms with Crippen LogP contribution in [0.2, 0.25) is 0 Å². The summed E-state index contributed by atoms with van der Waals surface area (Å²) < 4.78 is 5.71. The standard InChI is InChI=1S/C20H31N5O2/c1-15-2-5-19(23-22-15)21-10-18-13-25(20(26)14-27-18)12-17-6-8-24(9-7-17)11-16-3-4-16/h2,5,16-18H,3-4,6-14H2,1H3,(H,21,23)/t18-/m0/s1. The number of morpholine rings is 1. The van der Waals surface area contributed by atoms with E-state index in [-0.39, 0.29) is 18.6 Å². The molecule has 1 atom stereocenters. The van der Waals surface area contributed by atoms with Crippen molar-refractivity contribution in [3.63, 3.8) is 0 Å². The Morgan fingerprint density at radius 3 is 2.59 bits per heavy atom. The molecule has 148 valence electrons. The largest absolute Gasteiger partial charge is 0.366 e. The Kier molecular flexibility index (Phi) is 5.88. The molecule has 1 N–H and O–H groups in total. The number of carbonyl (C=O) groups is 1. The minimum absolute atomic E-state index is 0.000702. The Morgan fingerprint density at radius 2 is 1.89 bits per heavy atom. The Labute approximate surface area is 161 Å². The maximum Gasteiger partial charge on any atom is 0.248 e. The van der Waals surface area contributed by atoms with E-state index < -0.39 is 0 Å².